The van der Waals surface area contributed by atoms with E-state index in [1.807, 2.05) is 41.3 Å². The average Bonchev–Trinajstić information content (AvgIpc) is 3.22. The van der Waals surface area contributed by atoms with Crippen molar-refractivity contribution in [1.29, 1.82) is 0 Å². The number of benzene rings is 1. The molecule has 1 heterocycles. The molecule has 0 atom stereocenters. The molecule has 0 unspecified atom stereocenters. The fourth-order valence-corrected chi connectivity index (χ4v) is 5.07. The lowest BCUT2D eigenvalue weighted by Gasteiger charge is -2.38. The number of hydrogen-bond acceptors (Lipinski definition) is 4. The average molecular weight is 424 g/mol. The summed E-state index contributed by atoms with van der Waals surface area (Å²) in [4.78, 5) is 28.2. The second kappa shape index (κ2) is 9.39. The van der Waals surface area contributed by atoms with Crippen molar-refractivity contribution in [1.82, 2.24) is 0 Å². The molecule has 2 aromatic rings. The van der Waals surface area contributed by atoms with Gasteiger partial charge in [0.05, 0.1) is 11.8 Å². The molecule has 0 spiro atoms. The summed E-state index contributed by atoms with van der Waals surface area (Å²) >= 11 is 0. The number of aliphatic hydroxyl groups excluding tert-OH is 1. The molecule has 31 heavy (non-hydrogen) atoms. The molecule has 1 aromatic heterocycles. The molecule has 1 amide bonds. The smallest absolute Gasteiger partial charge is 0.230 e. The Bertz CT molecular complexity index is 903. The number of amides is 1. The van der Waals surface area contributed by atoms with Gasteiger partial charge in [0.2, 0.25) is 5.91 Å². The molecule has 1 aromatic carbocycles. The number of ketones is 1. The van der Waals surface area contributed by atoms with E-state index in [4.69, 9.17) is 4.42 Å². The van der Waals surface area contributed by atoms with Crippen molar-refractivity contribution in [3.63, 3.8) is 0 Å². The topological polar surface area (TPSA) is 70.8 Å². The molecule has 0 radical (unpaired) electrons. The van der Waals surface area contributed by atoms with E-state index in [-0.39, 0.29) is 35.5 Å². The Hall–Kier alpha value is -2.40. The molecule has 0 bridgehead atoms. The van der Waals surface area contributed by atoms with Gasteiger partial charge in [-0.3, -0.25) is 9.59 Å². The highest BCUT2D eigenvalue weighted by atomic mass is 16.4. The van der Waals surface area contributed by atoms with E-state index < -0.39 is 0 Å². The molecule has 1 N–H and O–H groups in total. The molecular formula is C26H33NO4. The van der Waals surface area contributed by atoms with Crippen LogP contribution < -0.4 is 4.90 Å². The third-order valence-corrected chi connectivity index (χ3v) is 6.98. The van der Waals surface area contributed by atoms with Crippen LogP contribution in [-0.4, -0.2) is 28.9 Å². The molecular weight excluding hydrogens is 390 g/mol. The van der Waals surface area contributed by atoms with E-state index in [0.717, 1.165) is 44.1 Å². The predicted molar refractivity (Wildman–Crippen MR) is 121 cm³/mol. The number of aliphatic hydroxyl groups is 1. The number of rotatable bonds is 5. The summed E-state index contributed by atoms with van der Waals surface area (Å²) < 4.78 is 6.02. The lowest BCUT2D eigenvalue weighted by Crippen LogP contribution is -2.47. The summed E-state index contributed by atoms with van der Waals surface area (Å²) in [5, 5.41) is 10.0. The Morgan fingerprint density at radius 2 is 1.61 bits per heavy atom. The maximum Gasteiger partial charge on any atom is 0.230 e. The summed E-state index contributed by atoms with van der Waals surface area (Å²) in [6, 6.07) is 11.5. The minimum Gasteiger partial charge on any atom is -0.451 e. The van der Waals surface area contributed by atoms with Gasteiger partial charge in [0, 0.05) is 30.5 Å². The minimum absolute atomic E-state index is 0.0158. The van der Waals surface area contributed by atoms with E-state index in [9.17, 15) is 14.7 Å². The zero-order chi connectivity index (χ0) is 22.0. The van der Waals surface area contributed by atoms with E-state index in [2.05, 4.69) is 6.92 Å². The third kappa shape index (κ3) is 4.77. The van der Waals surface area contributed by atoms with E-state index in [0.29, 0.717) is 30.2 Å². The van der Waals surface area contributed by atoms with Crippen LogP contribution in [0.4, 0.5) is 5.69 Å². The molecule has 2 aliphatic carbocycles. The Kier molecular flexibility index (Phi) is 6.61. The van der Waals surface area contributed by atoms with Gasteiger partial charge in [-0.1, -0.05) is 37.3 Å². The van der Waals surface area contributed by atoms with Gasteiger partial charge in [-0.25, -0.2) is 0 Å². The zero-order valence-electron chi connectivity index (χ0n) is 18.5. The van der Waals surface area contributed by atoms with Crippen molar-refractivity contribution < 1.29 is 19.1 Å². The van der Waals surface area contributed by atoms with Crippen LogP contribution in [0.1, 0.15) is 75.8 Å². The molecule has 4 rings (SSSR count). The molecule has 2 aliphatic rings. The summed E-state index contributed by atoms with van der Waals surface area (Å²) in [6.07, 6.45) is 6.43. The van der Waals surface area contributed by atoms with E-state index in [1.54, 1.807) is 0 Å². The highest BCUT2D eigenvalue weighted by Crippen LogP contribution is 2.39. The number of Topliss-reactive ketones (excluding diaryl/α,β-unsaturated/α-hetero) is 1. The summed E-state index contributed by atoms with van der Waals surface area (Å²) in [7, 11) is 0. The van der Waals surface area contributed by atoms with E-state index in [1.165, 1.54) is 6.92 Å². The van der Waals surface area contributed by atoms with Crippen molar-refractivity contribution in [2.45, 2.75) is 77.4 Å². The Morgan fingerprint density at radius 3 is 2.23 bits per heavy atom. The largest absolute Gasteiger partial charge is 0.451 e. The van der Waals surface area contributed by atoms with Gasteiger partial charge in [-0.05, 0) is 57.3 Å². The van der Waals surface area contributed by atoms with Crippen LogP contribution in [-0.2, 0) is 4.79 Å². The van der Waals surface area contributed by atoms with E-state index >= 15 is 0 Å². The first-order chi connectivity index (χ1) is 14.9. The second-order valence-corrected chi connectivity index (χ2v) is 9.37. The highest BCUT2D eigenvalue weighted by Gasteiger charge is 2.37. The van der Waals surface area contributed by atoms with Crippen LogP contribution in [0.3, 0.4) is 0 Å². The number of anilines is 1. The van der Waals surface area contributed by atoms with Gasteiger partial charge in [0.1, 0.15) is 5.76 Å². The number of carbonyl (C=O) groups is 2. The van der Waals surface area contributed by atoms with Crippen LogP contribution in [0, 0.1) is 11.8 Å². The Morgan fingerprint density at radius 1 is 0.968 bits per heavy atom. The first-order valence-electron chi connectivity index (χ1n) is 11.7. The van der Waals surface area contributed by atoms with Crippen LogP contribution >= 0.6 is 0 Å². The number of carbonyl (C=O) groups excluding carboxylic acids is 2. The molecule has 5 nitrogen and oxygen atoms in total. The van der Waals surface area contributed by atoms with Crippen LogP contribution in [0.5, 0.6) is 0 Å². The zero-order valence-corrected chi connectivity index (χ0v) is 18.5. The van der Waals surface area contributed by atoms with Gasteiger partial charge in [0.25, 0.3) is 0 Å². The molecule has 0 saturated heterocycles. The van der Waals surface area contributed by atoms with Crippen molar-refractivity contribution in [3.8, 4) is 11.3 Å². The van der Waals surface area contributed by atoms with Crippen LogP contribution in [0.25, 0.3) is 11.3 Å². The van der Waals surface area contributed by atoms with Crippen molar-refractivity contribution in [2.75, 3.05) is 4.90 Å². The lowest BCUT2D eigenvalue weighted by molar-refractivity contribution is -0.124. The van der Waals surface area contributed by atoms with Gasteiger partial charge >= 0.3 is 0 Å². The fourth-order valence-electron chi connectivity index (χ4n) is 5.07. The number of hydrogen-bond donors (Lipinski definition) is 1. The summed E-state index contributed by atoms with van der Waals surface area (Å²) in [5.74, 6) is 1.43. The standard InChI is InChI=1S/C26H33NO4/c1-17-8-10-20(11-9-17)26(30)27(21-12-14-22(29)15-13-21)23-16-24(31-25(23)18(2)28)19-6-4-3-5-7-19/h3-7,16-17,20-22,29H,8-15H2,1-2H3. The number of furan rings is 1. The maximum atomic E-state index is 13.8. The maximum absolute atomic E-state index is 13.8. The lowest BCUT2D eigenvalue weighted by atomic mass is 9.81. The monoisotopic (exact) mass is 423 g/mol. The molecule has 2 saturated carbocycles. The summed E-state index contributed by atoms with van der Waals surface area (Å²) in [5.41, 5.74) is 1.48. The second-order valence-electron chi connectivity index (χ2n) is 9.37. The van der Waals surface area contributed by atoms with Crippen molar-refractivity contribution in [2.24, 2.45) is 11.8 Å². The van der Waals surface area contributed by atoms with Gasteiger partial charge < -0.3 is 14.4 Å². The summed E-state index contributed by atoms with van der Waals surface area (Å²) in [6.45, 7) is 3.74. The molecule has 5 heteroatoms. The molecule has 0 aliphatic heterocycles. The van der Waals surface area contributed by atoms with Gasteiger partial charge in [0.15, 0.2) is 11.5 Å². The quantitative estimate of drug-likeness (QED) is 0.634. The fraction of sp³-hybridized carbons (Fsp3) is 0.538. The van der Waals surface area contributed by atoms with Crippen LogP contribution in [0.2, 0.25) is 0 Å². The first kappa shape index (κ1) is 21.8. The SMILES string of the molecule is CC(=O)c1oc(-c2ccccc2)cc1N(C(=O)C1CCC(C)CC1)C1CCC(O)CC1. The van der Waals surface area contributed by atoms with Crippen molar-refractivity contribution >= 4 is 17.4 Å². The Balaban J connectivity index is 1.73. The normalized spacial score (nSPS) is 26.4. The molecule has 2 fully saturated rings. The first-order valence-corrected chi connectivity index (χ1v) is 11.7. The molecule has 166 valence electrons. The number of nitrogens with zero attached hydrogens (tertiary/aromatic N) is 1. The third-order valence-electron chi connectivity index (χ3n) is 6.98. The Labute approximate surface area is 184 Å². The predicted octanol–water partition coefficient (Wildman–Crippen LogP) is 5.61. The van der Waals surface area contributed by atoms with Gasteiger partial charge in [-0.2, -0.15) is 0 Å². The van der Waals surface area contributed by atoms with Crippen LogP contribution in [0.15, 0.2) is 40.8 Å². The van der Waals surface area contributed by atoms with Crippen molar-refractivity contribution in [3.05, 3.63) is 42.2 Å². The highest BCUT2D eigenvalue weighted by molar-refractivity contribution is 6.04. The van der Waals surface area contributed by atoms with Gasteiger partial charge in [-0.15, -0.1) is 0 Å². The minimum atomic E-state index is -0.305.